The number of anilines is 1. The summed E-state index contributed by atoms with van der Waals surface area (Å²) in [6.07, 6.45) is 4.24. The molecular weight excluding hydrogens is 370 g/mol. The van der Waals surface area contributed by atoms with Crippen LogP contribution in [0.15, 0.2) is 42.6 Å². The van der Waals surface area contributed by atoms with Crippen molar-refractivity contribution in [3.8, 4) is 11.5 Å². The zero-order valence-electron chi connectivity index (χ0n) is 16.0. The number of hydrogen-bond acceptors (Lipinski definition) is 6. The molecule has 1 N–H and O–H groups in total. The lowest BCUT2D eigenvalue weighted by Crippen LogP contribution is -2.41. The average molecular weight is 393 g/mol. The lowest BCUT2D eigenvalue weighted by Gasteiger charge is -2.29. The molecule has 7 nitrogen and oxygen atoms in total. The Bertz CT molecular complexity index is 952. The van der Waals surface area contributed by atoms with Crippen LogP contribution in [0.3, 0.4) is 0 Å². The second-order valence-electron chi connectivity index (χ2n) is 8.38. The van der Waals surface area contributed by atoms with Crippen LogP contribution >= 0.6 is 0 Å². The summed E-state index contributed by atoms with van der Waals surface area (Å²) in [7, 11) is 0. The number of nitrogens with zero attached hydrogens (tertiary/aromatic N) is 2. The molecule has 4 aliphatic heterocycles. The number of carbonyl (C=O) groups is 1. The number of ether oxygens (including phenoxy) is 3. The van der Waals surface area contributed by atoms with Gasteiger partial charge in [-0.1, -0.05) is 6.07 Å². The largest absolute Gasteiger partial charge is 0.454 e. The quantitative estimate of drug-likeness (QED) is 0.859. The lowest BCUT2D eigenvalue weighted by atomic mass is 9.73. The van der Waals surface area contributed by atoms with Gasteiger partial charge < -0.3 is 24.4 Å². The molecule has 5 heterocycles. The first-order valence-electron chi connectivity index (χ1n) is 10.2. The van der Waals surface area contributed by atoms with Crippen molar-refractivity contribution in [1.29, 1.82) is 0 Å². The summed E-state index contributed by atoms with van der Waals surface area (Å²) in [5, 5.41) is 3.13. The number of aromatic nitrogens is 1. The molecule has 3 saturated heterocycles. The maximum Gasteiger partial charge on any atom is 0.251 e. The number of fused-ring (bicyclic) bond motifs is 2. The van der Waals surface area contributed by atoms with Crippen LogP contribution in [0.25, 0.3) is 0 Å². The fourth-order valence-electron chi connectivity index (χ4n) is 5.53. The molecular formula is C22H23N3O4. The highest BCUT2D eigenvalue weighted by Gasteiger charge is 2.63. The van der Waals surface area contributed by atoms with Crippen LogP contribution in [0.2, 0.25) is 0 Å². The van der Waals surface area contributed by atoms with Crippen molar-refractivity contribution >= 4 is 11.7 Å². The molecule has 150 valence electrons. The first-order chi connectivity index (χ1) is 14.2. The molecule has 4 atom stereocenters. The molecule has 4 aliphatic rings. The Morgan fingerprint density at radius 1 is 1.24 bits per heavy atom. The predicted molar refractivity (Wildman–Crippen MR) is 105 cm³/mol. The summed E-state index contributed by atoms with van der Waals surface area (Å²) < 4.78 is 17.2. The van der Waals surface area contributed by atoms with E-state index >= 15 is 0 Å². The smallest absolute Gasteiger partial charge is 0.251 e. The predicted octanol–water partition coefficient (Wildman–Crippen LogP) is 2.22. The third kappa shape index (κ3) is 2.68. The minimum Gasteiger partial charge on any atom is -0.454 e. The molecule has 0 aliphatic carbocycles. The molecule has 7 heteroatoms. The number of rotatable bonds is 4. The van der Waals surface area contributed by atoms with Crippen LogP contribution in [-0.2, 0) is 4.74 Å². The van der Waals surface area contributed by atoms with Gasteiger partial charge in [-0.05, 0) is 43.2 Å². The molecule has 1 aromatic heterocycles. The molecule has 1 amide bonds. The van der Waals surface area contributed by atoms with Crippen LogP contribution < -0.4 is 19.7 Å². The molecule has 1 aromatic carbocycles. The van der Waals surface area contributed by atoms with Gasteiger partial charge in [0, 0.05) is 43.2 Å². The van der Waals surface area contributed by atoms with Gasteiger partial charge in [-0.3, -0.25) is 4.79 Å². The third-order valence-corrected chi connectivity index (χ3v) is 6.89. The molecule has 3 fully saturated rings. The molecule has 2 bridgehead atoms. The summed E-state index contributed by atoms with van der Waals surface area (Å²) in [5.74, 6) is 2.98. The molecule has 29 heavy (non-hydrogen) atoms. The van der Waals surface area contributed by atoms with Gasteiger partial charge in [-0.15, -0.1) is 0 Å². The number of hydrogen-bond donors (Lipinski definition) is 1. The summed E-state index contributed by atoms with van der Waals surface area (Å²) in [4.78, 5) is 19.6. The standard InChI is InChI=1S/C22H23N3O4/c26-21(14-4-5-18-19(9-14)28-13-27-18)24-10-15-16-11-25(20-3-1-2-8-23-20)12-22(16)7-6-17(15)29-22/h1-5,8-9,15-17H,6-7,10-13H2,(H,24,26)/t15-,16+,17+,22+/m0/s1. The molecule has 0 unspecified atom stereocenters. The van der Waals surface area contributed by atoms with Gasteiger partial charge in [0.15, 0.2) is 11.5 Å². The lowest BCUT2D eigenvalue weighted by molar-refractivity contribution is 0.0141. The topological polar surface area (TPSA) is 72.9 Å². The normalized spacial score (nSPS) is 31.2. The molecule has 6 rings (SSSR count). The van der Waals surface area contributed by atoms with Gasteiger partial charge in [0.2, 0.25) is 6.79 Å². The highest BCUT2D eigenvalue weighted by atomic mass is 16.7. The van der Waals surface area contributed by atoms with E-state index in [1.54, 1.807) is 18.2 Å². The monoisotopic (exact) mass is 393 g/mol. The van der Waals surface area contributed by atoms with Crippen molar-refractivity contribution in [3.63, 3.8) is 0 Å². The Labute approximate surface area is 169 Å². The maximum absolute atomic E-state index is 12.7. The van der Waals surface area contributed by atoms with Gasteiger partial charge in [-0.2, -0.15) is 0 Å². The van der Waals surface area contributed by atoms with Crippen molar-refractivity contribution in [2.75, 3.05) is 31.3 Å². The second-order valence-corrected chi connectivity index (χ2v) is 8.38. The van der Waals surface area contributed by atoms with Gasteiger partial charge in [0.05, 0.1) is 11.7 Å². The minimum absolute atomic E-state index is 0.0836. The van der Waals surface area contributed by atoms with Gasteiger partial charge >= 0.3 is 0 Å². The SMILES string of the molecule is O=C(NC[C@H]1[C@H]2CN(c3ccccn3)C[C@]23CC[C@H]1O3)c1ccc2c(c1)OCO2. The van der Waals surface area contributed by atoms with E-state index < -0.39 is 0 Å². The van der Waals surface area contributed by atoms with Crippen LogP contribution in [-0.4, -0.2) is 49.0 Å². The summed E-state index contributed by atoms with van der Waals surface area (Å²) in [5.41, 5.74) is 0.505. The first kappa shape index (κ1) is 17.1. The Balaban J connectivity index is 1.16. The van der Waals surface area contributed by atoms with E-state index in [4.69, 9.17) is 14.2 Å². The third-order valence-electron chi connectivity index (χ3n) is 6.89. The fourth-order valence-corrected chi connectivity index (χ4v) is 5.53. The van der Waals surface area contributed by atoms with E-state index in [0.29, 0.717) is 35.4 Å². The van der Waals surface area contributed by atoms with E-state index in [9.17, 15) is 4.79 Å². The molecule has 0 radical (unpaired) electrons. The number of nitrogens with one attached hydrogen (secondary N) is 1. The number of amides is 1. The van der Waals surface area contributed by atoms with Crippen molar-refractivity contribution in [3.05, 3.63) is 48.2 Å². The first-order valence-corrected chi connectivity index (χ1v) is 10.2. The maximum atomic E-state index is 12.7. The zero-order chi connectivity index (χ0) is 19.4. The Morgan fingerprint density at radius 2 is 2.17 bits per heavy atom. The fraction of sp³-hybridized carbons (Fsp3) is 0.455. The molecule has 2 aromatic rings. The van der Waals surface area contributed by atoms with Crippen molar-refractivity contribution in [2.45, 2.75) is 24.5 Å². The van der Waals surface area contributed by atoms with E-state index in [0.717, 1.165) is 31.7 Å². The van der Waals surface area contributed by atoms with Crippen molar-refractivity contribution < 1.29 is 19.0 Å². The second kappa shape index (κ2) is 6.35. The van der Waals surface area contributed by atoms with E-state index in [2.05, 4.69) is 21.3 Å². The highest BCUT2D eigenvalue weighted by Crippen LogP contribution is 2.55. The number of benzene rings is 1. The van der Waals surface area contributed by atoms with Crippen molar-refractivity contribution in [2.24, 2.45) is 11.8 Å². The van der Waals surface area contributed by atoms with Crippen molar-refractivity contribution in [1.82, 2.24) is 10.3 Å². The van der Waals surface area contributed by atoms with Crippen LogP contribution in [0.5, 0.6) is 11.5 Å². The Morgan fingerprint density at radius 3 is 3.07 bits per heavy atom. The van der Waals surface area contributed by atoms with Crippen LogP contribution in [0.1, 0.15) is 23.2 Å². The average Bonchev–Trinajstić information content (AvgIpc) is 3.51. The number of carbonyl (C=O) groups excluding carboxylic acids is 1. The number of pyridine rings is 1. The van der Waals surface area contributed by atoms with Gasteiger partial charge in [0.1, 0.15) is 5.82 Å². The summed E-state index contributed by atoms with van der Waals surface area (Å²) in [6.45, 7) is 2.65. The van der Waals surface area contributed by atoms with E-state index in [1.807, 2.05) is 18.3 Å². The summed E-state index contributed by atoms with van der Waals surface area (Å²) >= 11 is 0. The molecule has 0 saturated carbocycles. The Kier molecular flexibility index (Phi) is 3.74. The van der Waals surface area contributed by atoms with Gasteiger partial charge in [-0.25, -0.2) is 4.98 Å². The van der Waals surface area contributed by atoms with Crippen LogP contribution in [0.4, 0.5) is 5.82 Å². The Hall–Kier alpha value is -2.80. The van der Waals surface area contributed by atoms with Crippen LogP contribution in [0, 0.1) is 11.8 Å². The van der Waals surface area contributed by atoms with Gasteiger partial charge in [0.25, 0.3) is 5.91 Å². The minimum atomic E-state index is -0.0870. The summed E-state index contributed by atoms with van der Waals surface area (Å²) in [6, 6.07) is 11.3. The molecule has 1 spiro atoms. The van der Waals surface area contributed by atoms with E-state index in [-0.39, 0.29) is 24.4 Å². The highest BCUT2D eigenvalue weighted by molar-refractivity contribution is 5.94. The zero-order valence-corrected chi connectivity index (χ0v) is 16.0. The van der Waals surface area contributed by atoms with E-state index in [1.165, 1.54) is 0 Å².